The van der Waals surface area contributed by atoms with Gasteiger partial charge in [0.15, 0.2) is 0 Å². The average molecular weight is 287 g/mol. The van der Waals surface area contributed by atoms with Crippen molar-refractivity contribution in [3.8, 4) is 0 Å². The maximum Gasteiger partial charge on any atom is 0.132 e. The molecule has 2 heterocycles. The second kappa shape index (κ2) is 6.10. The van der Waals surface area contributed by atoms with Gasteiger partial charge < -0.3 is 10.6 Å². The number of hydrazone groups is 1. The lowest BCUT2D eigenvalue weighted by Gasteiger charge is -2.02. The lowest BCUT2D eigenvalue weighted by molar-refractivity contribution is 0.533. The molecule has 7 heteroatoms. The Labute approximate surface area is 120 Å². The van der Waals surface area contributed by atoms with E-state index in [0.29, 0.717) is 17.1 Å². The largest absolute Gasteiger partial charge is 0.469 e. The van der Waals surface area contributed by atoms with Crippen molar-refractivity contribution in [3.05, 3.63) is 53.7 Å². The number of benzene rings is 1. The third kappa shape index (κ3) is 3.03. The molecular formula is C14H14FN5O. The molecule has 1 aliphatic heterocycles. The van der Waals surface area contributed by atoms with Crippen molar-refractivity contribution in [3.63, 3.8) is 0 Å². The van der Waals surface area contributed by atoms with Crippen LogP contribution in [0.3, 0.4) is 0 Å². The van der Waals surface area contributed by atoms with E-state index in [9.17, 15) is 4.39 Å². The number of halogens is 1. The summed E-state index contributed by atoms with van der Waals surface area (Å²) >= 11 is 0. The number of nitrogens with zero attached hydrogens (tertiary/aromatic N) is 3. The van der Waals surface area contributed by atoms with E-state index in [1.54, 1.807) is 24.5 Å². The Balaban J connectivity index is 0.00000161. The summed E-state index contributed by atoms with van der Waals surface area (Å²) in [7, 11) is 0. The van der Waals surface area contributed by atoms with Crippen LogP contribution < -0.4 is 11.6 Å². The summed E-state index contributed by atoms with van der Waals surface area (Å²) in [5.74, 6) is 0.419. The van der Waals surface area contributed by atoms with E-state index in [2.05, 4.69) is 20.7 Å². The standard InChI is InChI=1S/C14H11FN4O.H3N/c1-9-12(5-6-20-9)14-13(8-16-19-14)18-17-11-4-2-3-10(15)7-11;/h2-8,17H,1H3;1H3. The van der Waals surface area contributed by atoms with E-state index in [-0.39, 0.29) is 12.0 Å². The molecule has 0 atom stereocenters. The molecule has 0 unspecified atom stereocenters. The molecule has 0 saturated heterocycles. The molecule has 1 aliphatic rings. The molecule has 0 aliphatic carbocycles. The first-order valence-electron chi connectivity index (χ1n) is 5.99. The van der Waals surface area contributed by atoms with Crippen molar-refractivity contribution in [1.82, 2.24) is 6.15 Å². The molecule has 0 amide bonds. The number of aryl methyl sites for hydroxylation is 1. The van der Waals surface area contributed by atoms with Gasteiger partial charge in [0.25, 0.3) is 0 Å². The van der Waals surface area contributed by atoms with Gasteiger partial charge in [-0.1, -0.05) is 6.07 Å². The van der Waals surface area contributed by atoms with Gasteiger partial charge >= 0.3 is 0 Å². The van der Waals surface area contributed by atoms with Crippen molar-refractivity contribution in [2.24, 2.45) is 15.3 Å². The third-order valence-corrected chi connectivity index (χ3v) is 2.82. The van der Waals surface area contributed by atoms with Crippen molar-refractivity contribution >= 4 is 23.3 Å². The maximum absolute atomic E-state index is 13.1. The highest BCUT2D eigenvalue weighted by Crippen LogP contribution is 2.14. The molecular weight excluding hydrogens is 273 g/mol. The van der Waals surface area contributed by atoms with E-state index in [1.807, 2.05) is 6.92 Å². The van der Waals surface area contributed by atoms with Crippen LogP contribution in [0.4, 0.5) is 10.1 Å². The molecule has 6 nitrogen and oxygen atoms in total. The molecule has 2 aromatic rings. The SMILES string of the molecule is Cc1occc1C1=NN=CC1=NNc1cccc(F)c1.N. The van der Waals surface area contributed by atoms with Crippen LogP contribution in [0.25, 0.3) is 0 Å². The fraction of sp³-hybridized carbons (Fsp3) is 0.0714. The molecule has 4 N–H and O–H groups in total. The number of rotatable bonds is 3. The maximum atomic E-state index is 13.1. The van der Waals surface area contributed by atoms with Gasteiger partial charge in [0.1, 0.15) is 23.0 Å². The number of hydrogen-bond donors (Lipinski definition) is 2. The summed E-state index contributed by atoms with van der Waals surface area (Å²) in [6.07, 6.45) is 3.12. The number of anilines is 1. The van der Waals surface area contributed by atoms with Crippen molar-refractivity contribution < 1.29 is 8.81 Å². The zero-order valence-corrected chi connectivity index (χ0v) is 11.4. The van der Waals surface area contributed by atoms with Crippen molar-refractivity contribution in [1.29, 1.82) is 0 Å². The molecule has 1 aromatic heterocycles. The Morgan fingerprint density at radius 2 is 2.14 bits per heavy atom. The predicted octanol–water partition coefficient (Wildman–Crippen LogP) is 3.15. The zero-order chi connectivity index (χ0) is 13.9. The fourth-order valence-corrected chi connectivity index (χ4v) is 1.84. The van der Waals surface area contributed by atoms with E-state index < -0.39 is 0 Å². The summed E-state index contributed by atoms with van der Waals surface area (Å²) in [5.41, 5.74) is 5.37. The molecule has 0 saturated carbocycles. The highest BCUT2D eigenvalue weighted by atomic mass is 19.1. The minimum atomic E-state index is -0.324. The van der Waals surface area contributed by atoms with Crippen LogP contribution in [0.1, 0.15) is 11.3 Å². The average Bonchev–Trinajstić information content (AvgIpc) is 3.04. The van der Waals surface area contributed by atoms with Gasteiger partial charge in [-0.05, 0) is 31.2 Å². The summed E-state index contributed by atoms with van der Waals surface area (Å²) < 4.78 is 18.3. The molecule has 21 heavy (non-hydrogen) atoms. The highest BCUT2D eigenvalue weighted by molar-refractivity contribution is 6.67. The van der Waals surface area contributed by atoms with E-state index in [0.717, 1.165) is 11.3 Å². The first kappa shape index (κ1) is 14.6. The highest BCUT2D eigenvalue weighted by Gasteiger charge is 2.18. The molecule has 108 valence electrons. The predicted molar refractivity (Wildman–Crippen MR) is 81.0 cm³/mol. The minimum absolute atomic E-state index is 0. The van der Waals surface area contributed by atoms with Crippen LogP contribution in [0.15, 0.2) is 56.3 Å². The van der Waals surface area contributed by atoms with Crippen LogP contribution in [0.5, 0.6) is 0 Å². The first-order valence-corrected chi connectivity index (χ1v) is 5.99. The fourth-order valence-electron chi connectivity index (χ4n) is 1.84. The lowest BCUT2D eigenvalue weighted by atomic mass is 10.1. The number of furan rings is 1. The normalized spacial score (nSPS) is 15.0. The third-order valence-electron chi connectivity index (χ3n) is 2.82. The van der Waals surface area contributed by atoms with Crippen molar-refractivity contribution in [2.75, 3.05) is 5.43 Å². The second-order valence-electron chi connectivity index (χ2n) is 4.20. The summed E-state index contributed by atoms with van der Waals surface area (Å²) in [6, 6.07) is 7.86. The summed E-state index contributed by atoms with van der Waals surface area (Å²) in [5, 5.41) is 12.1. The topological polar surface area (TPSA) is 97.2 Å². The van der Waals surface area contributed by atoms with Crippen LogP contribution >= 0.6 is 0 Å². The minimum Gasteiger partial charge on any atom is -0.469 e. The smallest absolute Gasteiger partial charge is 0.132 e. The van der Waals surface area contributed by atoms with Crippen LogP contribution in [0, 0.1) is 12.7 Å². The quantitative estimate of drug-likeness (QED) is 0.848. The summed E-state index contributed by atoms with van der Waals surface area (Å²) in [4.78, 5) is 0. The van der Waals surface area contributed by atoms with Gasteiger partial charge in [-0.2, -0.15) is 10.2 Å². The van der Waals surface area contributed by atoms with Crippen LogP contribution in [0.2, 0.25) is 0 Å². The second-order valence-corrected chi connectivity index (χ2v) is 4.20. The van der Waals surface area contributed by atoms with Crippen molar-refractivity contribution in [2.45, 2.75) is 6.92 Å². The summed E-state index contributed by atoms with van der Waals surface area (Å²) in [6.45, 7) is 1.84. The van der Waals surface area contributed by atoms with Crippen LogP contribution in [-0.2, 0) is 0 Å². The molecule has 1 aromatic carbocycles. The lowest BCUT2D eigenvalue weighted by Crippen LogP contribution is -2.15. The molecule has 0 radical (unpaired) electrons. The van der Waals surface area contributed by atoms with Gasteiger partial charge in [0.2, 0.25) is 0 Å². The van der Waals surface area contributed by atoms with E-state index >= 15 is 0 Å². The monoisotopic (exact) mass is 287 g/mol. The Kier molecular flexibility index (Phi) is 4.24. The van der Waals surface area contributed by atoms with Gasteiger partial charge in [-0.25, -0.2) is 4.39 Å². The zero-order valence-electron chi connectivity index (χ0n) is 11.4. The molecule has 3 rings (SSSR count). The van der Waals surface area contributed by atoms with Gasteiger partial charge in [-0.3, -0.25) is 5.43 Å². The molecule has 0 bridgehead atoms. The van der Waals surface area contributed by atoms with Gasteiger partial charge in [0, 0.05) is 5.56 Å². The van der Waals surface area contributed by atoms with Gasteiger partial charge in [-0.15, -0.1) is 5.10 Å². The Morgan fingerprint density at radius 3 is 2.86 bits per heavy atom. The van der Waals surface area contributed by atoms with Crippen LogP contribution in [-0.4, -0.2) is 17.6 Å². The Morgan fingerprint density at radius 1 is 1.29 bits per heavy atom. The first-order chi connectivity index (χ1) is 9.74. The Bertz CT molecular complexity index is 732. The van der Waals surface area contributed by atoms with E-state index in [1.165, 1.54) is 18.3 Å². The number of nitrogens with one attached hydrogen (secondary N) is 1. The molecule has 0 fully saturated rings. The molecule has 0 spiro atoms. The van der Waals surface area contributed by atoms with Gasteiger partial charge in [0.05, 0.1) is 18.2 Å². The van der Waals surface area contributed by atoms with E-state index in [4.69, 9.17) is 4.42 Å². The number of hydrogen-bond acceptors (Lipinski definition) is 6. The Hall–Kier alpha value is -2.80.